The van der Waals surface area contributed by atoms with Crippen molar-refractivity contribution in [1.82, 2.24) is 4.57 Å². The number of fused-ring (bicyclic) bond motifs is 10. The molecular weight excluding hydrogens is 645 g/mol. The number of hydrogen-bond donors (Lipinski definition) is 0. The molecule has 7 aromatic rings. The van der Waals surface area contributed by atoms with Gasteiger partial charge in [0.25, 0.3) is 0 Å². The van der Waals surface area contributed by atoms with Crippen LogP contribution in [0.4, 0.5) is 5.69 Å². The minimum atomic E-state index is -0.470. The molecule has 4 aliphatic rings. The number of aromatic nitrogens is 1. The largest absolute Gasteiger partial charge is 0.485 e. The number of ether oxygens (including phenoxy) is 1. The average molecular weight is 683 g/mol. The lowest BCUT2D eigenvalue weighted by Gasteiger charge is -2.45. The lowest BCUT2D eigenvalue weighted by molar-refractivity contribution is 0.226. The predicted octanol–water partition coefficient (Wildman–Crippen LogP) is 12.0. The Morgan fingerprint density at radius 3 is 2.02 bits per heavy atom. The minimum absolute atomic E-state index is 0.0521. The number of anilines is 1. The third kappa shape index (κ3) is 4.22. The molecule has 53 heavy (non-hydrogen) atoms. The Morgan fingerprint density at radius 1 is 0.604 bits per heavy atom. The molecule has 4 atom stereocenters. The normalized spacial score (nSPS) is 23.1. The van der Waals surface area contributed by atoms with Gasteiger partial charge < -0.3 is 14.2 Å². The van der Waals surface area contributed by atoms with Crippen molar-refractivity contribution in [3.8, 4) is 33.7 Å². The second-order valence-electron chi connectivity index (χ2n) is 15.2. The number of para-hydroxylation sites is 2. The van der Waals surface area contributed by atoms with Crippen LogP contribution < -0.4 is 9.64 Å². The van der Waals surface area contributed by atoms with Crippen LogP contribution in [0.25, 0.3) is 44.9 Å². The van der Waals surface area contributed by atoms with E-state index in [4.69, 9.17) is 4.74 Å². The van der Waals surface area contributed by atoms with E-state index in [0.717, 1.165) is 5.75 Å². The van der Waals surface area contributed by atoms with E-state index in [2.05, 4.69) is 205 Å². The molecule has 254 valence electrons. The standard InChI is InChI=1S/C50H38N2O/c1-49-32-38(24-29-47(49)53-46-21-13-12-20-43(46)49)52-45-28-23-36(34-16-8-4-9-17-34)31-41(45)42-26-25-39-40-30-35(33-14-6-3-7-15-33)22-27-44(40)51(48(39)50(42,52)2)37-18-10-5-11-19-37/h3-32,42,47H,1-2H3. The first-order valence-electron chi connectivity index (χ1n) is 18.7. The number of rotatable bonds is 4. The van der Waals surface area contributed by atoms with E-state index in [9.17, 15) is 0 Å². The smallest absolute Gasteiger partial charge is 0.130 e. The number of benzene rings is 6. The van der Waals surface area contributed by atoms with Gasteiger partial charge in [0.15, 0.2) is 0 Å². The molecule has 0 fully saturated rings. The highest BCUT2D eigenvalue weighted by atomic mass is 16.5. The molecule has 0 amide bonds. The molecule has 2 aliphatic carbocycles. The van der Waals surface area contributed by atoms with Crippen molar-refractivity contribution in [3.05, 3.63) is 204 Å². The zero-order valence-electron chi connectivity index (χ0n) is 29.8. The molecule has 0 saturated carbocycles. The Balaban J connectivity index is 1.19. The third-order valence-corrected chi connectivity index (χ3v) is 12.3. The lowest BCUT2D eigenvalue weighted by Crippen LogP contribution is -2.47. The van der Waals surface area contributed by atoms with Crippen LogP contribution in [0.2, 0.25) is 0 Å². The first-order valence-corrected chi connectivity index (χ1v) is 18.7. The third-order valence-electron chi connectivity index (χ3n) is 12.3. The fourth-order valence-electron chi connectivity index (χ4n) is 9.80. The van der Waals surface area contributed by atoms with Gasteiger partial charge in [-0.1, -0.05) is 121 Å². The fourth-order valence-corrected chi connectivity index (χ4v) is 9.80. The van der Waals surface area contributed by atoms with Gasteiger partial charge >= 0.3 is 0 Å². The van der Waals surface area contributed by atoms with Crippen molar-refractivity contribution in [2.24, 2.45) is 0 Å². The van der Waals surface area contributed by atoms with E-state index in [1.807, 2.05) is 0 Å². The Kier molecular flexibility index (Phi) is 6.34. The lowest BCUT2D eigenvalue weighted by atomic mass is 9.73. The zero-order chi connectivity index (χ0) is 35.3. The van der Waals surface area contributed by atoms with Crippen LogP contribution in [0.3, 0.4) is 0 Å². The molecule has 0 radical (unpaired) electrons. The topological polar surface area (TPSA) is 17.4 Å². The highest BCUT2D eigenvalue weighted by molar-refractivity contribution is 5.98. The van der Waals surface area contributed by atoms with E-state index >= 15 is 0 Å². The van der Waals surface area contributed by atoms with Crippen molar-refractivity contribution < 1.29 is 4.74 Å². The summed E-state index contributed by atoms with van der Waals surface area (Å²) in [5, 5.41) is 1.26. The van der Waals surface area contributed by atoms with Gasteiger partial charge in [0.05, 0.1) is 22.2 Å². The van der Waals surface area contributed by atoms with Crippen molar-refractivity contribution in [2.75, 3.05) is 4.90 Å². The number of allylic oxidation sites excluding steroid dienone is 1. The monoisotopic (exact) mass is 682 g/mol. The summed E-state index contributed by atoms with van der Waals surface area (Å²) in [5.41, 5.74) is 14.1. The summed E-state index contributed by atoms with van der Waals surface area (Å²) in [6, 6.07) is 55.1. The first kappa shape index (κ1) is 30.3. The highest BCUT2D eigenvalue weighted by Crippen LogP contribution is 2.61. The summed E-state index contributed by atoms with van der Waals surface area (Å²) in [5.74, 6) is 1.07. The maximum Gasteiger partial charge on any atom is 0.130 e. The van der Waals surface area contributed by atoms with Crippen molar-refractivity contribution in [3.63, 3.8) is 0 Å². The molecule has 4 unspecified atom stereocenters. The van der Waals surface area contributed by atoms with Gasteiger partial charge in [0, 0.05) is 39.5 Å². The van der Waals surface area contributed by atoms with Gasteiger partial charge in [-0.15, -0.1) is 0 Å². The first-order chi connectivity index (χ1) is 26.0. The van der Waals surface area contributed by atoms with Gasteiger partial charge in [0.2, 0.25) is 0 Å². The molecular formula is C50H38N2O. The highest BCUT2D eigenvalue weighted by Gasteiger charge is 2.55. The summed E-state index contributed by atoms with van der Waals surface area (Å²) in [7, 11) is 0. The second-order valence-corrected chi connectivity index (χ2v) is 15.2. The fraction of sp³-hybridized carbons (Fsp3) is 0.120. The molecule has 0 spiro atoms. The van der Waals surface area contributed by atoms with Gasteiger partial charge in [-0.2, -0.15) is 0 Å². The van der Waals surface area contributed by atoms with Crippen LogP contribution in [0.15, 0.2) is 182 Å². The zero-order valence-corrected chi connectivity index (χ0v) is 29.8. The number of hydrogen-bond acceptors (Lipinski definition) is 2. The summed E-state index contributed by atoms with van der Waals surface area (Å²) in [4.78, 5) is 2.65. The summed E-state index contributed by atoms with van der Waals surface area (Å²) >= 11 is 0. The van der Waals surface area contributed by atoms with Gasteiger partial charge in [-0.25, -0.2) is 0 Å². The van der Waals surface area contributed by atoms with Crippen LogP contribution in [0.5, 0.6) is 5.75 Å². The van der Waals surface area contributed by atoms with Gasteiger partial charge in [-0.3, -0.25) is 0 Å². The van der Waals surface area contributed by atoms with Gasteiger partial charge in [-0.05, 0) is 102 Å². The Morgan fingerprint density at radius 2 is 1.26 bits per heavy atom. The summed E-state index contributed by atoms with van der Waals surface area (Å²) < 4.78 is 9.09. The van der Waals surface area contributed by atoms with Crippen LogP contribution in [0.1, 0.15) is 42.1 Å². The summed E-state index contributed by atoms with van der Waals surface area (Å²) in [6.45, 7) is 4.81. The average Bonchev–Trinajstić information content (AvgIpc) is 3.80. The Bertz CT molecular complexity index is 2690. The molecule has 0 bridgehead atoms. The molecule has 6 aromatic carbocycles. The van der Waals surface area contributed by atoms with Crippen LogP contribution in [0, 0.1) is 0 Å². The van der Waals surface area contributed by atoms with E-state index < -0.39 is 5.54 Å². The molecule has 0 N–H and O–H groups in total. The SMILES string of the molecule is CC12C=C(N3c4ccc(-c5ccccc5)cc4C4C=Cc5c(n(-c6ccccc6)c6ccc(-c7ccccc7)cc56)C43C)C=CC1Oc1ccccc12. The van der Waals surface area contributed by atoms with Crippen molar-refractivity contribution in [2.45, 2.75) is 36.8 Å². The Labute approximate surface area is 310 Å². The van der Waals surface area contributed by atoms with Crippen molar-refractivity contribution >= 4 is 22.7 Å². The van der Waals surface area contributed by atoms with Gasteiger partial charge in [0.1, 0.15) is 11.9 Å². The van der Waals surface area contributed by atoms with E-state index in [-0.39, 0.29) is 17.4 Å². The summed E-state index contributed by atoms with van der Waals surface area (Å²) in [6.07, 6.45) is 11.9. The molecule has 3 heteroatoms. The van der Waals surface area contributed by atoms with E-state index in [1.54, 1.807) is 0 Å². The Hall–Kier alpha value is -6.32. The molecule has 11 rings (SSSR count). The molecule has 3 nitrogen and oxygen atoms in total. The van der Waals surface area contributed by atoms with Crippen molar-refractivity contribution in [1.29, 1.82) is 0 Å². The predicted molar refractivity (Wildman–Crippen MR) is 218 cm³/mol. The molecule has 1 aromatic heterocycles. The van der Waals surface area contributed by atoms with Crippen LogP contribution in [-0.2, 0) is 11.0 Å². The maximum absolute atomic E-state index is 6.55. The quantitative estimate of drug-likeness (QED) is 0.184. The van der Waals surface area contributed by atoms with Crippen LogP contribution in [-0.4, -0.2) is 10.7 Å². The molecule has 3 heterocycles. The maximum atomic E-state index is 6.55. The minimum Gasteiger partial charge on any atom is -0.485 e. The molecule has 2 aliphatic heterocycles. The second kappa shape index (κ2) is 11.1. The van der Waals surface area contributed by atoms with E-state index in [1.165, 1.54) is 72.6 Å². The van der Waals surface area contributed by atoms with E-state index in [0.29, 0.717) is 0 Å². The molecule has 0 saturated heterocycles. The van der Waals surface area contributed by atoms with Crippen LogP contribution >= 0.6 is 0 Å². The number of nitrogens with zero attached hydrogens (tertiary/aromatic N) is 2.